The maximum Gasteiger partial charge on any atom is 0.264 e. The number of carbonyl (C=O) groups excluding carboxylic acids is 1. The first-order chi connectivity index (χ1) is 14.7. The van der Waals surface area contributed by atoms with E-state index in [4.69, 9.17) is 27.9 Å². The summed E-state index contributed by atoms with van der Waals surface area (Å²) in [6.07, 6.45) is 0. The predicted molar refractivity (Wildman–Crippen MR) is 119 cm³/mol. The molecule has 0 aliphatic rings. The van der Waals surface area contributed by atoms with Gasteiger partial charge in [-0.3, -0.25) is 9.10 Å². The minimum Gasteiger partial charge on any atom is -0.497 e. The van der Waals surface area contributed by atoms with Crippen LogP contribution in [0.15, 0.2) is 71.6 Å². The highest BCUT2D eigenvalue weighted by Crippen LogP contribution is 2.27. The average Bonchev–Trinajstić information content (AvgIpc) is 2.75. The van der Waals surface area contributed by atoms with E-state index in [2.05, 4.69) is 5.32 Å². The molecule has 162 valence electrons. The van der Waals surface area contributed by atoms with Gasteiger partial charge in [0.15, 0.2) is 0 Å². The Morgan fingerprint density at radius 3 is 2.23 bits per heavy atom. The fraction of sp³-hybridized carbons (Fsp3) is 0.0952. The molecule has 0 saturated carbocycles. The molecule has 10 heteroatoms. The lowest BCUT2D eigenvalue weighted by molar-refractivity contribution is -0.114. The highest BCUT2D eigenvalue weighted by molar-refractivity contribution is 7.92. The summed E-state index contributed by atoms with van der Waals surface area (Å²) < 4.78 is 45.8. The molecule has 0 atom stereocenters. The number of methoxy groups -OCH3 is 1. The zero-order chi connectivity index (χ0) is 22.6. The van der Waals surface area contributed by atoms with Gasteiger partial charge in [-0.25, -0.2) is 12.8 Å². The molecule has 0 aromatic heterocycles. The van der Waals surface area contributed by atoms with Crippen LogP contribution in [0.4, 0.5) is 15.8 Å². The number of nitrogens with one attached hydrogen (secondary N) is 1. The Hall–Kier alpha value is -2.81. The van der Waals surface area contributed by atoms with Crippen molar-refractivity contribution >= 4 is 50.5 Å². The van der Waals surface area contributed by atoms with E-state index in [1.807, 2.05) is 0 Å². The van der Waals surface area contributed by atoms with Crippen molar-refractivity contribution in [3.8, 4) is 5.75 Å². The molecular formula is C21H17Cl2FN2O4S. The molecule has 3 rings (SSSR count). The van der Waals surface area contributed by atoms with Crippen molar-refractivity contribution in [1.82, 2.24) is 0 Å². The van der Waals surface area contributed by atoms with Crippen LogP contribution in [0.3, 0.4) is 0 Å². The van der Waals surface area contributed by atoms with Crippen molar-refractivity contribution in [3.63, 3.8) is 0 Å². The van der Waals surface area contributed by atoms with E-state index in [1.165, 1.54) is 37.4 Å². The number of hydrogen-bond donors (Lipinski definition) is 1. The lowest BCUT2D eigenvalue weighted by Crippen LogP contribution is -2.38. The van der Waals surface area contributed by atoms with Gasteiger partial charge in [-0.1, -0.05) is 23.2 Å². The third kappa shape index (κ3) is 5.46. The van der Waals surface area contributed by atoms with Gasteiger partial charge in [-0.15, -0.1) is 0 Å². The molecule has 1 amide bonds. The van der Waals surface area contributed by atoms with Crippen molar-refractivity contribution in [2.24, 2.45) is 0 Å². The van der Waals surface area contributed by atoms with Crippen LogP contribution < -0.4 is 14.4 Å². The van der Waals surface area contributed by atoms with Crippen LogP contribution in [-0.2, 0) is 14.8 Å². The Balaban J connectivity index is 1.93. The van der Waals surface area contributed by atoms with E-state index < -0.39 is 28.3 Å². The van der Waals surface area contributed by atoms with Crippen LogP contribution >= 0.6 is 23.2 Å². The third-order valence-electron chi connectivity index (χ3n) is 4.25. The molecule has 3 aromatic rings. The number of hydrogen-bond acceptors (Lipinski definition) is 4. The standard InChI is InChI=1S/C21H17Cl2FN2O4S/c1-30-17-7-5-16(6-8-17)26(31(28,29)18-9-2-14(24)3-10-18)13-21(27)25-15-4-11-19(22)20(23)12-15/h2-12H,13H2,1H3,(H,25,27). The summed E-state index contributed by atoms with van der Waals surface area (Å²) in [5.41, 5.74) is 0.586. The molecule has 0 heterocycles. The van der Waals surface area contributed by atoms with Gasteiger partial charge in [-0.2, -0.15) is 0 Å². The minimum absolute atomic E-state index is 0.160. The first-order valence-electron chi connectivity index (χ1n) is 8.88. The number of nitrogens with zero attached hydrogens (tertiary/aromatic N) is 1. The largest absolute Gasteiger partial charge is 0.497 e. The SMILES string of the molecule is COc1ccc(N(CC(=O)Nc2ccc(Cl)c(Cl)c2)S(=O)(=O)c2ccc(F)cc2)cc1. The van der Waals surface area contributed by atoms with E-state index in [9.17, 15) is 17.6 Å². The van der Waals surface area contributed by atoms with Gasteiger partial charge in [0, 0.05) is 5.69 Å². The number of ether oxygens (including phenoxy) is 1. The molecule has 1 N–H and O–H groups in total. The summed E-state index contributed by atoms with van der Waals surface area (Å²) in [5, 5.41) is 3.15. The fourth-order valence-electron chi connectivity index (χ4n) is 2.70. The molecule has 0 saturated heterocycles. The number of amides is 1. The van der Waals surface area contributed by atoms with Crippen LogP contribution in [0.5, 0.6) is 5.75 Å². The quantitative estimate of drug-likeness (QED) is 0.515. The molecule has 0 unspecified atom stereocenters. The summed E-state index contributed by atoms with van der Waals surface area (Å²) in [6, 6.07) is 15.0. The summed E-state index contributed by atoms with van der Waals surface area (Å²) in [6.45, 7) is -0.535. The molecule has 31 heavy (non-hydrogen) atoms. The van der Waals surface area contributed by atoms with Gasteiger partial charge in [0.05, 0.1) is 27.7 Å². The smallest absolute Gasteiger partial charge is 0.264 e. The lowest BCUT2D eigenvalue weighted by Gasteiger charge is -2.24. The van der Waals surface area contributed by atoms with Crippen molar-refractivity contribution < 1.29 is 22.3 Å². The number of benzene rings is 3. The molecule has 6 nitrogen and oxygen atoms in total. The van der Waals surface area contributed by atoms with Crippen LogP contribution in [-0.4, -0.2) is 28.0 Å². The van der Waals surface area contributed by atoms with Crippen molar-refractivity contribution in [1.29, 1.82) is 0 Å². The first-order valence-corrected chi connectivity index (χ1v) is 11.1. The molecule has 0 fully saturated rings. The molecule has 0 spiro atoms. The topological polar surface area (TPSA) is 75.7 Å². The van der Waals surface area contributed by atoms with Crippen LogP contribution in [0.2, 0.25) is 10.0 Å². The van der Waals surface area contributed by atoms with E-state index in [0.717, 1.165) is 28.6 Å². The maximum absolute atomic E-state index is 13.3. The number of halogens is 3. The van der Waals surface area contributed by atoms with Gasteiger partial charge in [0.25, 0.3) is 10.0 Å². The second-order valence-electron chi connectivity index (χ2n) is 6.34. The summed E-state index contributed by atoms with van der Waals surface area (Å²) in [5.74, 6) is -0.671. The van der Waals surface area contributed by atoms with Crippen molar-refractivity contribution in [3.05, 3.63) is 82.6 Å². The first kappa shape index (κ1) is 22.9. The third-order valence-corrected chi connectivity index (χ3v) is 6.78. The molecule has 0 bridgehead atoms. The van der Waals surface area contributed by atoms with E-state index in [1.54, 1.807) is 12.1 Å². The van der Waals surface area contributed by atoms with Crippen LogP contribution in [0, 0.1) is 5.82 Å². The van der Waals surface area contributed by atoms with Gasteiger partial charge in [-0.05, 0) is 66.7 Å². The Bertz CT molecular complexity index is 1190. The zero-order valence-electron chi connectivity index (χ0n) is 16.2. The normalized spacial score (nSPS) is 11.1. The van der Waals surface area contributed by atoms with Gasteiger partial charge in [0.1, 0.15) is 18.1 Å². The van der Waals surface area contributed by atoms with Crippen molar-refractivity contribution in [2.75, 3.05) is 23.3 Å². The monoisotopic (exact) mass is 482 g/mol. The van der Waals surface area contributed by atoms with Crippen LogP contribution in [0.1, 0.15) is 0 Å². The van der Waals surface area contributed by atoms with Crippen molar-refractivity contribution in [2.45, 2.75) is 4.90 Å². The molecular weight excluding hydrogens is 466 g/mol. The van der Waals surface area contributed by atoms with Gasteiger partial charge in [0.2, 0.25) is 5.91 Å². The summed E-state index contributed by atoms with van der Waals surface area (Å²) in [7, 11) is -2.70. The second-order valence-corrected chi connectivity index (χ2v) is 9.02. The highest BCUT2D eigenvalue weighted by Gasteiger charge is 2.27. The van der Waals surface area contributed by atoms with E-state index in [0.29, 0.717) is 16.5 Å². The maximum atomic E-state index is 13.3. The minimum atomic E-state index is -4.17. The van der Waals surface area contributed by atoms with Crippen LogP contribution in [0.25, 0.3) is 0 Å². The molecule has 0 radical (unpaired) electrons. The molecule has 0 aliphatic carbocycles. The Labute approximate surface area is 189 Å². The Kier molecular flexibility index (Phi) is 7.04. The number of anilines is 2. The van der Waals surface area contributed by atoms with E-state index >= 15 is 0 Å². The Morgan fingerprint density at radius 2 is 1.65 bits per heavy atom. The zero-order valence-corrected chi connectivity index (χ0v) is 18.5. The van der Waals surface area contributed by atoms with Gasteiger partial charge < -0.3 is 10.1 Å². The number of sulfonamides is 1. The summed E-state index contributed by atoms with van der Waals surface area (Å²) in [4.78, 5) is 12.5. The molecule has 0 aliphatic heterocycles. The lowest BCUT2D eigenvalue weighted by atomic mass is 10.3. The average molecular weight is 483 g/mol. The fourth-order valence-corrected chi connectivity index (χ4v) is 4.42. The van der Waals surface area contributed by atoms with E-state index in [-0.39, 0.29) is 15.6 Å². The second kappa shape index (κ2) is 9.55. The molecule has 3 aromatic carbocycles. The summed E-state index contributed by atoms with van der Waals surface area (Å²) >= 11 is 11.8. The predicted octanol–water partition coefficient (Wildman–Crippen LogP) is 4.98. The highest BCUT2D eigenvalue weighted by atomic mass is 35.5. The number of rotatable bonds is 7. The van der Waals surface area contributed by atoms with Gasteiger partial charge >= 0.3 is 0 Å². The number of carbonyl (C=O) groups is 1. The Morgan fingerprint density at radius 1 is 1.00 bits per heavy atom.